The van der Waals surface area contributed by atoms with Crippen molar-refractivity contribution in [3.63, 3.8) is 0 Å². The first-order chi connectivity index (χ1) is 8.15. The number of hydrogen-bond donors (Lipinski definition) is 2. The Labute approximate surface area is 104 Å². The van der Waals surface area contributed by atoms with Crippen molar-refractivity contribution in [1.29, 1.82) is 0 Å². The molecule has 3 N–H and O–H groups in total. The van der Waals surface area contributed by atoms with E-state index < -0.39 is 6.10 Å². The van der Waals surface area contributed by atoms with Crippen molar-refractivity contribution in [3.8, 4) is 0 Å². The molecular weight excluding hydrogens is 234 g/mol. The van der Waals surface area contributed by atoms with Crippen molar-refractivity contribution in [2.75, 3.05) is 11.5 Å². The van der Waals surface area contributed by atoms with E-state index in [9.17, 15) is 5.11 Å². The predicted octanol–water partition coefficient (Wildman–Crippen LogP) is 1.83. The van der Waals surface area contributed by atoms with Crippen LogP contribution in [0.4, 0.5) is 5.69 Å². The Kier molecular flexibility index (Phi) is 3.71. The zero-order valence-corrected chi connectivity index (χ0v) is 10.4. The van der Waals surface area contributed by atoms with Gasteiger partial charge in [-0.05, 0) is 17.7 Å². The largest absolute Gasteiger partial charge is 0.399 e. The third-order valence-electron chi connectivity index (χ3n) is 2.41. The van der Waals surface area contributed by atoms with Gasteiger partial charge in [0.15, 0.2) is 0 Å². The van der Waals surface area contributed by atoms with Crippen LogP contribution in [0.25, 0.3) is 0 Å². The molecule has 0 fully saturated rings. The van der Waals surface area contributed by atoms with E-state index in [1.165, 1.54) is 0 Å². The first-order valence-corrected chi connectivity index (χ1v) is 6.28. The Morgan fingerprint density at radius 2 is 2.12 bits per heavy atom. The van der Waals surface area contributed by atoms with E-state index in [0.29, 0.717) is 11.4 Å². The van der Waals surface area contributed by atoms with Gasteiger partial charge in [-0.25, -0.2) is 0 Å². The van der Waals surface area contributed by atoms with E-state index in [0.717, 1.165) is 10.5 Å². The fourth-order valence-corrected chi connectivity index (χ4v) is 2.35. The predicted molar refractivity (Wildman–Crippen MR) is 69.7 cm³/mol. The van der Waals surface area contributed by atoms with Crippen LogP contribution in [0.2, 0.25) is 0 Å². The van der Waals surface area contributed by atoms with Crippen LogP contribution in [0.1, 0.15) is 11.7 Å². The summed E-state index contributed by atoms with van der Waals surface area (Å²) in [5.41, 5.74) is 7.19. The number of nitrogens with two attached hydrogens (primary N) is 1. The molecule has 0 saturated heterocycles. The number of aromatic nitrogens is 2. The molecule has 17 heavy (non-hydrogen) atoms. The molecule has 4 nitrogen and oxygen atoms in total. The van der Waals surface area contributed by atoms with E-state index in [1.54, 1.807) is 34.8 Å². The molecule has 1 aromatic carbocycles. The lowest BCUT2D eigenvalue weighted by Gasteiger charge is -2.09. The van der Waals surface area contributed by atoms with Crippen LogP contribution < -0.4 is 5.73 Å². The summed E-state index contributed by atoms with van der Waals surface area (Å²) in [5.74, 6) is 0.607. The number of aliphatic hydroxyl groups excluding tert-OH is 1. The summed E-state index contributed by atoms with van der Waals surface area (Å²) in [6.45, 7) is 0. The molecule has 0 bridgehead atoms. The highest BCUT2D eigenvalue weighted by atomic mass is 32.2. The first kappa shape index (κ1) is 12.0. The van der Waals surface area contributed by atoms with Crippen LogP contribution in [-0.2, 0) is 7.05 Å². The summed E-state index contributed by atoms with van der Waals surface area (Å²) in [7, 11) is 1.88. The minimum atomic E-state index is -0.485. The maximum absolute atomic E-state index is 9.99. The van der Waals surface area contributed by atoms with Crippen LogP contribution in [0.15, 0.2) is 41.6 Å². The normalized spacial score (nSPS) is 12.6. The first-order valence-electron chi connectivity index (χ1n) is 5.30. The van der Waals surface area contributed by atoms with E-state index >= 15 is 0 Å². The topological polar surface area (TPSA) is 64.1 Å². The van der Waals surface area contributed by atoms with Gasteiger partial charge in [-0.2, -0.15) is 5.10 Å². The minimum Gasteiger partial charge on any atom is -0.399 e. The fraction of sp³-hybridized carbons (Fsp3) is 0.250. The number of aryl methyl sites for hydroxylation is 1. The summed E-state index contributed by atoms with van der Waals surface area (Å²) in [5, 5.41) is 14.1. The molecule has 1 atom stereocenters. The fourth-order valence-electron chi connectivity index (χ4n) is 1.46. The highest BCUT2D eigenvalue weighted by Crippen LogP contribution is 2.24. The van der Waals surface area contributed by atoms with Crippen molar-refractivity contribution >= 4 is 17.4 Å². The number of aliphatic hydroxyl groups is 1. The Morgan fingerprint density at radius 3 is 2.71 bits per heavy atom. The second-order valence-electron chi connectivity index (χ2n) is 3.84. The molecule has 0 amide bonds. The number of thioether (sulfide) groups is 1. The lowest BCUT2D eigenvalue weighted by molar-refractivity contribution is 0.204. The summed E-state index contributed by atoms with van der Waals surface area (Å²) < 4.78 is 1.75. The lowest BCUT2D eigenvalue weighted by Crippen LogP contribution is -2.00. The van der Waals surface area contributed by atoms with E-state index in [1.807, 2.05) is 25.4 Å². The molecule has 0 saturated carbocycles. The van der Waals surface area contributed by atoms with Gasteiger partial charge in [0, 0.05) is 29.6 Å². The molecule has 0 aliphatic carbocycles. The molecule has 5 heteroatoms. The van der Waals surface area contributed by atoms with Gasteiger partial charge in [0.2, 0.25) is 0 Å². The van der Waals surface area contributed by atoms with Crippen LogP contribution in [-0.4, -0.2) is 20.6 Å². The molecule has 0 aliphatic rings. The maximum Gasteiger partial charge on any atom is 0.0883 e. The van der Waals surface area contributed by atoms with Crippen LogP contribution >= 0.6 is 11.8 Å². The number of anilines is 1. The van der Waals surface area contributed by atoms with Crippen LogP contribution in [0.5, 0.6) is 0 Å². The summed E-state index contributed by atoms with van der Waals surface area (Å²) >= 11 is 1.58. The molecule has 90 valence electrons. The molecule has 1 unspecified atom stereocenters. The molecule has 1 heterocycles. The minimum absolute atomic E-state index is 0.485. The highest BCUT2D eigenvalue weighted by Gasteiger charge is 2.08. The zero-order valence-electron chi connectivity index (χ0n) is 9.58. The monoisotopic (exact) mass is 249 g/mol. The number of nitrogens with zero attached hydrogens (tertiary/aromatic N) is 2. The smallest absolute Gasteiger partial charge is 0.0883 e. The van der Waals surface area contributed by atoms with Crippen LogP contribution in [0, 0.1) is 0 Å². The van der Waals surface area contributed by atoms with Crippen molar-refractivity contribution < 1.29 is 5.11 Å². The number of nitrogen functional groups attached to an aromatic ring is 1. The number of rotatable bonds is 4. The Bertz CT molecular complexity index is 481. The third kappa shape index (κ3) is 3.25. The van der Waals surface area contributed by atoms with Crippen LogP contribution in [0.3, 0.4) is 0 Å². The average molecular weight is 249 g/mol. The summed E-state index contributed by atoms with van der Waals surface area (Å²) in [6.07, 6.45) is 3.24. The Hall–Kier alpha value is -1.46. The van der Waals surface area contributed by atoms with Crippen molar-refractivity contribution in [2.24, 2.45) is 7.05 Å². The Morgan fingerprint density at radius 1 is 1.41 bits per heavy atom. The zero-order chi connectivity index (χ0) is 12.3. The van der Waals surface area contributed by atoms with Gasteiger partial charge in [0.1, 0.15) is 0 Å². The standard InChI is InChI=1S/C12H15N3OS/c1-15-7-11(6-14-15)17-8-12(16)9-2-4-10(13)5-3-9/h2-7,12,16H,8,13H2,1H3. The van der Waals surface area contributed by atoms with Gasteiger partial charge < -0.3 is 10.8 Å². The van der Waals surface area contributed by atoms with Crippen molar-refractivity contribution in [1.82, 2.24) is 9.78 Å². The SMILES string of the molecule is Cn1cc(SCC(O)c2ccc(N)cc2)cn1. The van der Waals surface area contributed by atoms with E-state index in [2.05, 4.69) is 5.10 Å². The van der Waals surface area contributed by atoms with Gasteiger partial charge in [-0.1, -0.05) is 12.1 Å². The van der Waals surface area contributed by atoms with Gasteiger partial charge in [-0.3, -0.25) is 4.68 Å². The quantitative estimate of drug-likeness (QED) is 0.641. The third-order valence-corrected chi connectivity index (χ3v) is 3.44. The van der Waals surface area contributed by atoms with Gasteiger partial charge in [0.25, 0.3) is 0 Å². The summed E-state index contributed by atoms with van der Waals surface area (Å²) in [4.78, 5) is 1.06. The van der Waals surface area contributed by atoms with Gasteiger partial charge >= 0.3 is 0 Å². The second-order valence-corrected chi connectivity index (χ2v) is 4.94. The van der Waals surface area contributed by atoms with Gasteiger partial charge in [-0.15, -0.1) is 11.8 Å². The van der Waals surface area contributed by atoms with Crippen molar-refractivity contribution in [3.05, 3.63) is 42.2 Å². The molecular formula is C12H15N3OS. The Balaban J connectivity index is 1.93. The van der Waals surface area contributed by atoms with Crippen molar-refractivity contribution in [2.45, 2.75) is 11.0 Å². The van der Waals surface area contributed by atoms with E-state index in [4.69, 9.17) is 5.73 Å². The molecule has 0 radical (unpaired) electrons. The molecule has 2 aromatic rings. The maximum atomic E-state index is 9.99. The molecule has 1 aromatic heterocycles. The molecule has 0 spiro atoms. The molecule has 2 rings (SSSR count). The number of benzene rings is 1. The lowest BCUT2D eigenvalue weighted by atomic mass is 10.1. The highest BCUT2D eigenvalue weighted by molar-refractivity contribution is 7.99. The second kappa shape index (κ2) is 5.25. The summed E-state index contributed by atoms with van der Waals surface area (Å²) in [6, 6.07) is 7.30. The average Bonchev–Trinajstić information content (AvgIpc) is 2.73. The molecule has 0 aliphatic heterocycles. The number of hydrogen-bond acceptors (Lipinski definition) is 4. The van der Waals surface area contributed by atoms with E-state index in [-0.39, 0.29) is 0 Å². The van der Waals surface area contributed by atoms with Gasteiger partial charge in [0.05, 0.1) is 12.3 Å².